The number of aryl methyl sites for hydroxylation is 1. The molecular weight excluding hydrogens is 284 g/mol. The lowest BCUT2D eigenvalue weighted by Gasteiger charge is -2.05. The first-order valence-electron chi connectivity index (χ1n) is 7.14. The zero-order valence-electron chi connectivity index (χ0n) is 11.9. The molecule has 0 aliphatic carbocycles. The highest BCUT2D eigenvalue weighted by molar-refractivity contribution is 6.30. The number of amides is 1. The SMILES string of the molecule is O=C(CCCc1ccc(Cl)cc1)NCCc1ccncc1. The van der Waals surface area contributed by atoms with Gasteiger partial charge in [-0.15, -0.1) is 0 Å². The molecule has 3 nitrogen and oxygen atoms in total. The summed E-state index contributed by atoms with van der Waals surface area (Å²) in [4.78, 5) is 15.7. The molecule has 1 aromatic heterocycles. The van der Waals surface area contributed by atoms with Gasteiger partial charge in [0, 0.05) is 30.4 Å². The van der Waals surface area contributed by atoms with Crippen LogP contribution in [-0.2, 0) is 17.6 Å². The average Bonchev–Trinajstić information content (AvgIpc) is 2.50. The Labute approximate surface area is 130 Å². The number of aromatic nitrogens is 1. The molecule has 0 fully saturated rings. The molecule has 0 atom stereocenters. The average molecular weight is 303 g/mol. The number of hydrogen-bond acceptors (Lipinski definition) is 2. The number of hydrogen-bond donors (Lipinski definition) is 1. The highest BCUT2D eigenvalue weighted by Gasteiger charge is 2.01. The quantitative estimate of drug-likeness (QED) is 0.851. The Balaban J connectivity index is 1.60. The van der Waals surface area contributed by atoms with Gasteiger partial charge in [-0.1, -0.05) is 23.7 Å². The molecule has 2 rings (SSSR count). The van der Waals surface area contributed by atoms with Crippen LogP contribution in [0.15, 0.2) is 48.8 Å². The third kappa shape index (κ3) is 5.96. The second-order valence-corrected chi connectivity index (χ2v) is 5.37. The molecular formula is C17H19ClN2O. The summed E-state index contributed by atoms with van der Waals surface area (Å²) in [6, 6.07) is 11.7. The molecule has 0 aliphatic heterocycles. The second kappa shape index (κ2) is 8.42. The third-order valence-electron chi connectivity index (χ3n) is 3.27. The van der Waals surface area contributed by atoms with Gasteiger partial charge in [0.25, 0.3) is 0 Å². The van der Waals surface area contributed by atoms with Gasteiger partial charge in [0.2, 0.25) is 5.91 Å². The summed E-state index contributed by atoms with van der Waals surface area (Å²) in [7, 11) is 0. The van der Waals surface area contributed by atoms with Crippen LogP contribution in [0.2, 0.25) is 5.02 Å². The fraction of sp³-hybridized carbons (Fsp3) is 0.294. The summed E-state index contributed by atoms with van der Waals surface area (Å²) < 4.78 is 0. The Morgan fingerprint density at radius 2 is 1.67 bits per heavy atom. The van der Waals surface area contributed by atoms with Crippen molar-refractivity contribution in [1.29, 1.82) is 0 Å². The molecule has 1 aromatic carbocycles. The van der Waals surface area contributed by atoms with E-state index in [0.717, 1.165) is 24.3 Å². The number of rotatable bonds is 7. The molecule has 1 heterocycles. The molecule has 4 heteroatoms. The monoisotopic (exact) mass is 302 g/mol. The number of carbonyl (C=O) groups is 1. The molecule has 110 valence electrons. The fourth-order valence-electron chi connectivity index (χ4n) is 2.09. The lowest BCUT2D eigenvalue weighted by molar-refractivity contribution is -0.121. The van der Waals surface area contributed by atoms with Crippen LogP contribution in [0.5, 0.6) is 0 Å². The Bertz CT molecular complexity index is 555. The van der Waals surface area contributed by atoms with E-state index in [1.54, 1.807) is 12.4 Å². The van der Waals surface area contributed by atoms with Crippen LogP contribution in [0.3, 0.4) is 0 Å². The number of halogens is 1. The van der Waals surface area contributed by atoms with Crippen LogP contribution in [0.1, 0.15) is 24.0 Å². The highest BCUT2D eigenvalue weighted by Crippen LogP contribution is 2.11. The first-order valence-corrected chi connectivity index (χ1v) is 7.52. The van der Waals surface area contributed by atoms with Gasteiger partial charge in [-0.3, -0.25) is 9.78 Å². The molecule has 0 unspecified atom stereocenters. The van der Waals surface area contributed by atoms with Crippen LogP contribution >= 0.6 is 11.6 Å². The molecule has 2 aromatic rings. The van der Waals surface area contributed by atoms with Crippen molar-refractivity contribution in [1.82, 2.24) is 10.3 Å². The van der Waals surface area contributed by atoms with Crippen LogP contribution in [0.25, 0.3) is 0 Å². The summed E-state index contributed by atoms with van der Waals surface area (Å²) in [5.41, 5.74) is 2.40. The van der Waals surface area contributed by atoms with E-state index in [1.807, 2.05) is 36.4 Å². The van der Waals surface area contributed by atoms with Crippen molar-refractivity contribution in [3.05, 3.63) is 64.9 Å². The maximum absolute atomic E-state index is 11.7. The molecule has 0 saturated heterocycles. The van der Waals surface area contributed by atoms with Crippen molar-refractivity contribution in [2.75, 3.05) is 6.54 Å². The molecule has 21 heavy (non-hydrogen) atoms. The molecule has 1 N–H and O–H groups in total. The van der Waals surface area contributed by atoms with Gasteiger partial charge in [-0.25, -0.2) is 0 Å². The number of benzene rings is 1. The Morgan fingerprint density at radius 1 is 1.00 bits per heavy atom. The van der Waals surface area contributed by atoms with Crippen molar-refractivity contribution < 1.29 is 4.79 Å². The summed E-state index contributed by atoms with van der Waals surface area (Å²) in [6.07, 6.45) is 6.68. The van der Waals surface area contributed by atoms with E-state index in [0.29, 0.717) is 13.0 Å². The smallest absolute Gasteiger partial charge is 0.220 e. The van der Waals surface area contributed by atoms with Gasteiger partial charge < -0.3 is 5.32 Å². The van der Waals surface area contributed by atoms with Crippen molar-refractivity contribution >= 4 is 17.5 Å². The topological polar surface area (TPSA) is 42.0 Å². The first-order chi connectivity index (χ1) is 10.2. The van der Waals surface area contributed by atoms with Gasteiger partial charge in [0.05, 0.1) is 0 Å². The van der Waals surface area contributed by atoms with Crippen molar-refractivity contribution in [2.45, 2.75) is 25.7 Å². The van der Waals surface area contributed by atoms with Crippen molar-refractivity contribution in [2.24, 2.45) is 0 Å². The predicted molar refractivity (Wildman–Crippen MR) is 85.3 cm³/mol. The normalized spacial score (nSPS) is 10.3. The highest BCUT2D eigenvalue weighted by atomic mass is 35.5. The minimum absolute atomic E-state index is 0.109. The van der Waals surface area contributed by atoms with Crippen molar-refractivity contribution in [3.63, 3.8) is 0 Å². The van der Waals surface area contributed by atoms with Gasteiger partial charge >= 0.3 is 0 Å². The minimum Gasteiger partial charge on any atom is -0.356 e. The van der Waals surface area contributed by atoms with E-state index in [4.69, 9.17) is 11.6 Å². The summed E-state index contributed by atoms with van der Waals surface area (Å²) in [5.74, 6) is 0.109. The van der Waals surface area contributed by atoms with Gasteiger partial charge in [-0.2, -0.15) is 0 Å². The van der Waals surface area contributed by atoms with Crippen LogP contribution in [-0.4, -0.2) is 17.4 Å². The van der Waals surface area contributed by atoms with Crippen molar-refractivity contribution in [3.8, 4) is 0 Å². The van der Waals surface area contributed by atoms with Gasteiger partial charge in [0.1, 0.15) is 0 Å². The Hall–Kier alpha value is -1.87. The number of carbonyl (C=O) groups excluding carboxylic acids is 1. The lowest BCUT2D eigenvalue weighted by atomic mass is 10.1. The molecule has 0 bridgehead atoms. The summed E-state index contributed by atoms with van der Waals surface area (Å²) >= 11 is 5.84. The zero-order chi connectivity index (χ0) is 14.9. The van der Waals surface area contributed by atoms with E-state index >= 15 is 0 Å². The third-order valence-corrected chi connectivity index (χ3v) is 3.52. The van der Waals surface area contributed by atoms with E-state index < -0.39 is 0 Å². The predicted octanol–water partition coefficient (Wildman–Crippen LogP) is 3.42. The van der Waals surface area contributed by atoms with Gasteiger partial charge in [0.15, 0.2) is 0 Å². The maximum atomic E-state index is 11.7. The van der Waals surface area contributed by atoms with E-state index in [9.17, 15) is 4.79 Å². The van der Waals surface area contributed by atoms with Crippen LogP contribution in [0.4, 0.5) is 0 Å². The van der Waals surface area contributed by atoms with E-state index in [1.165, 1.54) is 11.1 Å². The summed E-state index contributed by atoms with van der Waals surface area (Å²) in [5, 5.41) is 3.69. The Kier molecular flexibility index (Phi) is 6.22. The van der Waals surface area contributed by atoms with Crippen LogP contribution in [0, 0.1) is 0 Å². The first kappa shape index (κ1) is 15.5. The van der Waals surface area contributed by atoms with Crippen LogP contribution < -0.4 is 5.32 Å². The molecule has 0 aliphatic rings. The van der Waals surface area contributed by atoms with E-state index in [2.05, 4.69) is 10.3 Å². The molecule has 0 saturated carbocycles. The molecule has 0 spiro atoms. The lowest BCUT2D eigenvalue weighted by Crippen LogP contribution is -2.25. The zero-order valence-corrected chi connectivity index (χ0v) is 12.6. The Morgan fingerprint density at radius 3 is 2.38 bits per heavy atom. The number of nitrogens with one attached hydrogen (secondary N) is 1. The second-order valence-electron chi connectivity index (χ2n) is 4.94. The largest absolute Gasteiger partial charge is 0.356 e. The maximum Gasteiger partial charge on any atom is 0.220 e. The summed E-state index contributed by atoms with van der Waals surface area (Å²) in [6.45, 7) is 0.670. The van der Waals surface area contributed by atoms with Gasteiger partial charge in [-0.05, 0) is 54.7 Å². The standard InChI is InChI=1S/C17H19ClN2O/c18-16-6-4-14(5-7-16)2-1-3-17(21)20-13-10-15-8-11-19-12-9-15/h4-9,11-12H,1-3,10,13H2,(H,20,21). The minimum atomic E-state index is 0.109. The molecule has 0 radical (unpaired) electrons. The molecule has 1 amide bonds. The number of nitrogens with zero attached hydrogens (tertiary/aromatic N) is 1. The van der Waals surface area contributed by atoms with E-state index in [-0.39, 0.29) is 5.91 Å². The number of pyridine rings is 1. The fourth-order valence-corrected chi connectivity index (χ4v) is 2.21.